The number of hydrogen-bond donors (Lipinski definition) is 2. The van der Waals surface area contributed by atoms with Crippen molar-refractivity contribution in [3.05, 3.63) is 100 Å². The smallest absolute Gasteiger partial charge is 0.138 e. The molecule has 3 rings (SSSR count). The third kappa shape index (κ3) is 6.66. The van der Waals surface area contributed by atoms with Gasteiger partial charge in [0.15, 0.2) is 0 Å². The van der Waals surface area contributed by atoms with Gasteiger partial charge in [-0.05, 0) is 48.4 Å². The summed E-state index contributed by atoms with van der Waals surface area (Å²) in [6, 6.07) is 24.0. The first-order valence-corrected chi connectivity index (χ1v) is 10.0. The maximum Gasteiger partial charge on any atom is 0.138 e. The van der Waals surface area contributed by atoms with Crippen molar-refractivity contribution in [2.75, 3.05) is 6.61 Å². The third-order valence-corrected chi connectivity index (χ3v) is 4.75. The van der Waals surface area contributed by atoms with E-state index in [1.54, 1.807) is 0 Å². The maximum atomic E-state index is 6.37. The van der Waals surface area contributed by atoms with Crippen molar-refractivity contribution in [2.45, 2.75) is 26.1 Å². The van der Waals surface area contributed by atoms with Gasteiger partial charge in [-0.1, -0.05) is 65.9 Å². The zero-order valence-corrected chi connectivity index (χ0v) is 17.2. The Morgan fingerprint density at radius 3 is 2.31 bits per heavy atom. The number of hydrogen-bond acceptors (Lipinski definition) is 3. The molecule has 29 heavy (non-hydrogen) atoms. The van der Waals surface area contributed by atoms with Gasteiger partial charge >= 0.3 is 0 Å². The van der Waals surface area contributed by atoms with Gasteiger partial charge < -0.3 is 15.8 Å². The molecule has 148 valence electrons. The van der Waals surface area contributed by atoms with Crippen molar-refractivity contribution in [2.24, 2.45) is 5.73 Å². The Kier molecular flexibility index (Phi) is 7.72. The van der Waals surface area contributed by atoms with E-state index in [0.29, 0.717) is 23.9 Å². The van der Waals surface area contributed by atoms with Gasteiger partial charge in [-0.25, -0.2) is 0 Å². The topological polar surface area (TPSA) is 47.3 Å². The Hall–Kier alpha value is -2.77. The number of halogens is 1. The fourth-order valence-electron chi connectivity index (χ4n) is 2.72. The molecule has 0 aliphatic carbocycles. The Balaban J connectivity index is 1.50. The highest BCUT2D eigenvalue weighted by atomic mass is 35.5. The summed E-state index contributed by atoms with van der Waals surface area (Å²) in [4.78, 5) is 0. The predicted octanol–water partition coefficient (Wildman–Crippen LogP) is 4.76. The number of rotatable bonds is 7. The normalized spacial score (nSPS) is 11.4. The van der Waals surface area contributed by atoms with Crippen molar-refractivity contribution in [1.29, 1.82) is 0 Å². The van der Waals surface area contributed by atoms with Crippen molar-refractivity contribution in [3.63, 3.8) is 0 Å². The molecule has 0 amide bonds. The van der Waals surface area contributed by atoms with Crippen LogP contribution in [0.1, 0.15) is 29.2 Å². The first-order chi connectivity index (χ1) is 14.1. The average Bonchev–Trinajstić information content (AvgIpc) is 2.76. The van der Waals surface area contributed by atoms with Crippen molar-refractivity contribution >= 4 is 11.6 Å². The molecule has 0 aliphatic heterocycles. The minimum Gasteiger partial charge on any atom is -0.490 e. The Bertz CT molecular complexity index is 975. The summed E-state index contributed by atoms with van der Waals surface area (Å²) in [6.07, 6.45) is 0. The standard InChI is InChI=1S/C25H25ClN2O/c1-19(28-17-23-11-9-22(16-27)10-12-23)18-29-25-14-13-21(15-24(25)26)8-7-20-5-3-2-4-6-20/h2-6,9-15,19,28H,16-18,27H2,1H3. The van der Waals surface area contributed by atoms with E-state index in [1.165, 1.54) is 5.56 Å². The summed E-state index contributed by atoms with van der Waals surface area (Å²) in [5, 5.41) is 4.02. The van der Waals surface area contributed by atoms with Crippen LogP contribution in [0.5, 0.6) is 5.75 Å². The Labute approximate surface area is 177 Å². The highest BCUT2D eigenvalue weighted by molar-refractivity contribution is 6.32. The second kappa shape index (κ2) is 10.7. The average molecular weight is 405 g/mol. The lowest BCUT2D eigenvalue weighted by Crippen LogP contribution is -2.31. The van der Waals surface area contributed by atoms with Crippen LogP contribution in [0.3, 0.4) is 0 Å². The Morgan fingerprint density at radius 1 is 0.931 bits per heavy atom. The molecule has 0 radical (unpaired) electrons. The highest BCUT2D eigenvalue weighted by Gasteiger charge is 2.06. The van der Waals surface area contributed by atoms with E-state index in [4.69, 9.17) is 22.1 Å². The van der Waals surface area contributed by atoms with Gasteiger partial charge in [0.25, 0.3) is 0 Å². The van der Waals surface area contributed by atoms with E-state index in [1.807, 2.05) is 48.5 Å². The van der Waals surface area contributed by atoms with Crippen LogP contribution in [0.25, 0.3) is 0 Å². The van der Waals surface area contributed by atoms with Crippen LogP contribution in [0.2, 0.25) is 5.02 Å². The number of nitrogens with two attached hydrogens (primary N) is 1. The number of benzene rings is 3. The van der Waals surface area contributed by atoms with E-state index >= 15 is 0 Å². The zero-order chi connectivity index (χ0) is 20.5. The molecule has 0 saturated carbocycles. The maximum absolute atomic E-state index is 6.37. The van der Waals surface area contributed by atoms with Crippen LogP contribution in [0, 0.1) is 11.8 Å². The molecule has 0 saturated heterocycles. The zero-order valence-electron chi connectivity index (χ0n) is 16.5. The molecule has 0 spiro atoms. The molecule has 1 atom stereocenters. The van der Waals surface area contributed by atoms with E-state index in [2.05, 4.69) is 48.3 Å². The molecule has 0 aromatic heterocycles. The molecular formula is C25H25ClN2O. The van der Waals surface area contributed by atoms with E-state index in [9.17, 15) is 0 Å². The second-order valence-electron chi connectivity index (χ2n) is 6.87. The molecule has 0 heterocycles. The lowest BCUT2D eigenvalue weighted by Gasteiger charge is -2.16. The lowest BCUT2D eigenvalue weighted by molar-refractivity contribution is 0.272. The van der Waals surface area contributed by atoms with Gasteiger partial charge in [-0.15, -0.1) is 0 Å². The third-order valence-electron chi connectivity index (χ3n) is 4.46. The summed E-state index contributed by atoms with van der Waals surface area (Å²) < 4.78 is 5.88. The summed E-state index contributed by atoms with van der Waals surface area (Å²) in [5.41, 5.74) is 9.82. The molecule has 0 bridgehead atoms. The fraction of sp³-hybridized carbons (Fsp3) is 0.200. The molecule has 3 N–H and O–H groups in total. The molecule has 3 aromatic carbocycles. The SMILES string of the molecule is CC(COc1ccc(C#Cc2ccccc2)cc1Cl)NCc1ccc(CN)cc1. The minimum atomic E-state index is 0.179. The molecule has 4 heteroatoms. The van der Waals surface area contributed by atoms with Crippen molar-refractivity contribution < 1.29 is 4.74 Å². The summed E-state index contributed by atoms with van der Waals surface area (Å²) in [7, 11) is 0. The summed E-state index contributed by atoms with van der Waals surface area (Å²) in [5.74, 6) is 6.93. The summed E-state index contributed by atoms with van der Waals surface area (Å²) in [6.45, 7) is 3.95. The quantitative estimate of drug-likeness (QED) is 0.558. The molecular weight excluding hydrogens is 380 g/mol. The van der Waals surface area contributed by atoms with Gasteiger partial charge in [0.2, 0.25) is 0 Å². The minimum absolute atomic E-state index is 0.179. The van der Waals surface area contributed by atoms with Crippen LogP contribution < -0.4 is 15.8 Å². The first kappa shape index (κ1) is 21.0. The van der Waals surface area contributed by atoms with Gasteiger partial charge in [0.05, 0.1) is 5.02 Å². The highest BCUT2D eigenvalue weighted by Crippen LogP contribution is 2.25. The fourth-order valence-corrected chi connectivity index (χ4v) is 2.96. The van der Waals surface area contributed by atoms with E-state index < -0.39 is 0 Å². The molecule has 0 aliphatic rings. The lowest BCUT2D eigenvalue weighted by atomic mass is 10.1. The molecule has 3 nitrogen and oxygen atoms in total. The number of nitrogens with one attached hydrogen (secondary N) is 1. The van der Waals surface area contributed by atoms with Gasteiger partial charge in [0.1, 0.15) is 12.4 Å². The Morgan fingerprint density at radius 2 is 1.62 bits per heavy atom. The van der Waals surface area contributed by atoms with Crippen LogP contribution >= 0.6 is 11.6 Å². The van der Waals surface area contributed by atoms with Gasteiger partial charge in [0, 0.05) is 30.3 Å². The largest absolute Gasteiger partial charge is 0.490 e. The van der Waals surface area contributed by atoms with Crippen LogP contribution in [0.4, 0.5) is 0 Å². The van der Waals surface area contributed by atoms with Gasteiger partial charge in [-0.3, -0.25) is 0 Å². The van der Waals surface area contributed by atoms with Crippen molar-refractivity contribution in [1.82, 2.24) is 5.32 Å². The molecule has 1 unspecified atom stereocenters. The van der Waals surface area contributed by atoms with Crippen molar-refractivity contribution in [3.8, 4) is 17.6 Å². The monoisotopic (exact) mass is 404 g/mol. The van der Waals surface area contributed by atoms with E-state index in [0.717, 1.165) is 23.2 Å². The first-order valence-electron chi connectivity index (χ1n) is 9.65. The molecule has 3 aromatic rings. The molecule has 0 fully saturated rings. The number of ether oxygens (including phenoxy) is 1. The van der Waals surface area contributed by atoms with Gasteiger partial charge in [-0.2, -0.15) is 0 Å². The van der Waals surface area contributed by atoms with Crippen LogP contribution in [-0.4, -0.2) is 12.6 Å². The second-order valence-corrected chi connectivity index (χ2v) is 7.28. The summed E-state index contributed by atoms with van der Waals surface area (Å²) >= 11 is 6.37. The van der Waals surface area contributed by atoms with Crippen LogP contribution in [-0.2, 0) is 13.1 Å². The predicted molar refractivity (Wildman–Crippen MR) is 120 cm³/mol. The van der Waals surface area contributed by atoms with Crippen LogP contribution in [0.15, 0.2) is 72.8 Å². The van der Waals surface area contributed by atoms with E-state index in [-0.39, 0.29) is 6.04 Å².